The average Bonchev–Trinajstić information content (AvgIpc) is 2.93. The van der Waals surface area contributed by atoms with E-state index in [1.165, 1.54) is 5.01 Å². The van der Waals surface area contributed by atoms with Gasteiger partial charge >= 0.3 is 0 Å². The number of ether oxygens (including phenoxy) is 1. The molecule has 0 bridgehead atoms. The minimum atomic E-state index is -1.08. The van der Waals surface area contributed by atoms with E-state index in [9.17, 15) is 9.18 Å². The van der Waals surface area contributed by atoms with Crippen LogP contribution in [0.15, 0.2) is 48.5 Å². The van der Waals surface area contributed by atoms with Crippen molar-refractivity contribution >= 4 is 11.7 Å². The number of halogens is 1. The van der Waals surface area contributed by atoms with Crippen molar-refractivity contribution in [2.75, 3.05) is 11.9 Å². The molecule has 2 heterocycles. The molecular weight excluding hydrogens is 311 g/mol. The zero-order valence-corrected chi connectivity index (χ0v) is 13.1. The Labute approximate surface area is 139 Å². The highest BCUT2D eigenvalue weighted by Gasteiger charge is 2.35. The molecule has 1 fully saturated rings. The zero-order chi connectivity index (χ0) is 16.9. The van der Waals surface area contributed by atoms with Crippen LogP contribution in [0.25, 0.3) is 0 Å². The van der Waals surface area contributed by atoms with Gasteiger partial charge in [0.2, 0.25) is 11.8 Å². The molecule has 1 aromatic heterocycles. The Bertz CT molecular complexity index is 698. The third-order valence-corrected chi connectivity index (χ3v) is 3.80. The third kappa shape index (κ3) is 4.06. The molecule has 1 aromatic carbocycles. The van der Waals surface area contributed by atoms with Crippen molar-refractivity contribution in [1.82, 2.24) is 9.99 Å². The minimum absolute atomic E-state index is 0.0613. The number of carbonyl (C=O) groups is 1. The number of pyridine rings is 1. The predicted molar refractivity (Wildman–Crippen MR) is 87.8 cm³/mol. The van der Waals surface area contributed by atoms with Gasteiger partial charge in [-0.25, -0.2) is 9.40 Å². The molecule has 7 heteroatoms. The maximum atomic E-state index is 13.3. The first-order valence-electron chi connectivity index (χ1n) is 7.72. The van der Waals surface area contributed by atoms with Gasteiger partial charge in [-0.2, -0.15) is 4.98 Å². The van der Waals surface area contributed by atoms with E-state index in [-0.39, 0.29) is 18.9 Å². The lowest BCUT2D eigenvalue weighted by Crippen LogP contribution is -2.43. The molecule has 126 valence electrons. The zero-order valence-electron chi connectivity index (χ0n) is 13.1. The number of hydrazine groups is 1. The minimum Gasteiger partial charge on any atom is -0.473 e. The fourth-order valence-electron chi connectivity index (χ4n) is 2.57. The molecule has 3 rings (SSSR count). The number of aromatic nitrogens is 1. The predicted octanol–water partition coefficient (Wildman–Crippen LogP) is 1.89. The Hall–Kier alpha value is -2.51. The summed E-state index contributed by atoms with van der Waals surface area (Å²) in [5.41, 5.74) is 1.02. The Kier molecular flexibility index (Phi) is 5.02. The van der Waals surface area contributed by atoms with Gasteiger partial charge < -0.3 is 10.1 Å². The lowest BCUT2D eigenvalue weighted by molar-refractivity contribution is -0.120. The maximum Gasteiger partial charge on any atom is 0.244 e. The van der Waals surface area contributed by atoms with Crippen LogP contribution in [0, 0.1) is 0 Å². The SMILES string of the molecule is NN1C[C@H](F)CC1C(=O)Nc1cccc(OCc2ccccc2)n1. The van der Waals surface area contributed by atoms with Gasteiger partial charge in [0.25, 0.3) is 0 Å². The largest absolute Gasteiger partial charge is 0.473 e. The van der Waals surface area contributed by atoms with Gasteiger partial charge in [0.05, 0.1) is 0 Å². The standard InChI is InChI=1S/C17H19FN4O2/c18-13-9-14(22(19)10-13)17(23)21-15-7-4-8-16(20-15)24-11-12-5-2-1-3-6-12/h1-8,13-14H,9-11,19H2,(H,20,21,23)/t13-,14?/m1/s1. The molecule has 1 aliphatic heterocycles. The second-order valence-corrected chi connectivity index (χ2v) is 5.67. The van der Waals surface area contributed by atoms with Crippen molar-refractivity contribution in [2.45, 2.75) is 25.2 Å². The number of anilines is 1. The van der Waals surface area contributed by atoms with Crippen molar-refractivity contribution in [3.63, 3.8) is 0 Å². The molecule has 0 radical (unpaired) electrons. The molecule has 1 unspecified atom stereocenters. The number of alkyl halides is 1. The van der Waals surface area contributed by atoms with Crippen LogP contribution in [0.5, 0.6) is 5.88 Å². The molecule has 2 atom stereocenters. The van der Waals surface area contributed by atoms with E-state index in [2.05, 4.69) is 10.3 Å². The number of hydrogen-bond donors (Lipinski definition) is 2. The van der Waals surface area contributed by atoms with Crippen LogP contribution in [-0.2, 0) is 11.4 Å². The van der Waals surface area contributed by atoms with E-state index in [0.29, 0.717) is 18.3 Å². The lowest BCUT2D eigenvalue weighted by atomic mass is 10.2. The average molecular weight is 330 g/mol. The van der Waals surface area contributed by atoms with Crippen molar-refractivity contribution in [2.24, 2.45) is 5.84 Å². The normalized spacial score (nSPS) is 20.8. The molecule has 6 nitrogen and oxygen atoms in total. The van der Waals surface area contributed by atoms with Crippen LogP contribution in [0.3, 0.4) is 0 Å². The fraction of sp³-hybridized carbons (Fsp3) is 0.294. The molecule has 24 heavy (non-hydrogen) atoms. The van der Waals surface area contributed by atoms with Crippen LogP contribution in [0.4, 0.5) is 10.2 Å². The summed E-state index contributed by atoms with van der Waals surface area (Å²) in [6.07, 6.45) is -0.994. The van der Waals surface area contributed by atoms with Crippen molar-refractivity contribution in [1.29, 1.82) is 0 Å². The quantitative estimate of drug-likeness (QED) is 0.818. The number of hydrogen-bond acceptors (Lipinski definition) is 5. The summed E-state index contributed by atoms with van der Waals surface area (Å²) in [5.74, 6) is 6.03. The second-order valence-electron chi connectivity index (χ2n) is 5.67. The summed E-state index contributed by atoms with van der Waals surface area (Å²) in [4.78, 5) is 16.4. The smallest absolute Gasteiger partial charge is 0.244 e. The van der Waals surface area contributed by atoms with Crippen LogP contribution >= 0.6 is 0 Å². The Balaban J connectivity index is 1.60. The Morgan fingerprint density at radius 1 is 1.29 bits per heavy atom. The summed E-state index contributed by atoms with van der Waals surface area (Å²) in [7, 11) is 0. The summed E-state index contributed by atoms with van der Waals surface area (Å²) >= 11 is 0. The summed E-state index contributed by atoms with van der Waals surface area (Å²) in [6.45, 7) is 0.444. The van der Waals surface area contributed by atoms with Crippen LogP contribution in [0.2, 0.25) is 0 Å². The highest BCUT2D eigenvalue weighted by atomic mass is 19.1. The topological polar surface area (TPSA) is 80.5 Å². The fourth-order valence-corrected chi connectivity index (χ4v) is 2.57. The van der Waals surface area contributed by atoms with Crippen molar-refractivity contribution in [3.8, 4) is 5.88 Å². The van der Waals surface area contributed by atoms with Crippen molar-refractivity contribution < 1.29 is 13.9 Å². The molecular formula is C17H19FN4O2. The second kappa shape index (κ2) is 7.37. The summed E-state index contributed by atoms with van der Waals surface area (Å²) < 4.78 is 18.9. The van der Waals surface area contributed by atoms with Crippen LogP contribution < -0.4 is 15.9 Å². The van der Waals surface area contributed by atoms with Gasteiger partial charge in [-0.1, -0.05) is 36.4 Å². The van der Waals surface area contributed by atoms with Gasteiger partial charge in [0.1, 0.15) is 24.6 Å². The Morgan fingerprint density at radius 2 is 2.08 bits per heavy atom. The lowest BCUT2D eigenvalue weighted by Gasteiger charge is -2.17. The van der Waals surface area contributed by atoms with E-state index < -0.39 is 12.2 Å². The molecule has 3 N–H and O–H groups in total. The molecule has 1 saturated heterocycles. The first-order chi connectivity index (χ1) is 11.6. The van der Waals surface area contributed by atoms with Crippen LogP contribution in [0.1, 0.15) is 12.0 Å². The number of amides is 1. The Morgan fingerprint density at radius 3 is 2.79 bits per heavy atom. The number of nitrogens with two attached hydrogens (primary N) is 1. The van der Waals surface area contributed by atoms with Gasteiger partial charge in [-0.3, -0.25) is 10.6 Å². The van der Waals surface area contributed by atoms with Crippen molar-refractivity contribution in [3.05, 3.63) is 54.1 Å². The summed E-state index contributed by atoms with van der Waals surface area (Å²) in [5, 5.41) is 3.87. The van der Waals surface area contributed by atoms with Gasteiger partial charge in [0, 0.05) is 19.0 Å². The van der Waals surface area contributed by atoms with Crippen LogP contribution in [-0.4, -0.2) is 34.7 Å². The number of nitrogens with one attached hydrogen (secondary N) is 1. The summed E-state index contributed by atoms with van der Waals surface area (Å²) in [6, 6.07) is 14.1. The first kappa shape index (κ1) is 16.4. The molecule has 2 aromatic rings. The van der Waals surface area contributed by atoms with Gasteiger partial charge in [0.15, 0.2) is 0 Å². The highest BCUT2D eigenvalue weighted by Crippen LogP contribution is 2.19. The molecule has 1 amide bonds. The number of benzene rings is 1. The van der Waals surface area contributed by atoms with E-state index in [0.717, 1.165) is 5.56 Å². The first-order valence-corrected chi connectivity index (χ1v) is 7.72. The number of nitrogens with zero attached hydrogens (tertiary/aromatic N) is 2. The molecule has 0 aliphatic carbocycles. The van der Waals surface area contributed by atoms with E-state index in [1.807, 2.05) is 30.3 Å². The van der Waals surface area contributed by atoms with Gasteiger partial charge in [-0.15, -0.1) is 0 Å². The molecule has 1 aliphatic rings. The van der Waals surface area contributed by atoms with Gasteiger partial charge in [-0.05, 0) is 11.6 Å². The number of carbonyl (C=O) groups excluding carboxylic acids is 1. The van der Waals surface area contributed by atoms with E-state index >= 15 is 0 Å². The third-order valence-electron chi connectivity index (χ3n) is 3.80. The van der Waals surface area contributed by atoms with E-state index in [4.69, 9.17) is 10.6 Å². The maximum absolute atomic E-state index is 13.3. The highest BCUT2D eigenvalue weighted by molar-refractivity contribution is 5.94. The number of rotatable bonds is 5. The molecule has 0 spiro atoms. The van der Waals surface area contributed by atoms with E-state index in [1.54, 1.807) is 18.2 Å². The monoisotopic (exact) mass is 330 g/mol. The molecule has 0 saturated carbocycles.